The topological polar surface area (TPSA) is 21.3 Å². The lowest BCUT2D eigenvalue weighted by atomic mass is 9.75. The minimum Gasteiger partial charge on any atom is -0.381 e. The van der Waals surface area contributed by atoms with Crippen molar-refractivity contribution in [1.29, 1.82) is 0 Å². The minimum atomic E-state index is 0.411. The summed E-state index contributed by atoms with van der Waals surface area (Å²) in [7, 11) is 0. The van der Waals surface area contributed by atoms with Gasteiger partial charge in [-0.3, -0.25) is 0 Å². The summed E-state index contributed by atoms with van der Waals surface area (Å²) in [6.45, 7) is 5.20. The Hall–Kier alpha value is -0.860. The highest BCUT2D eigenvalue weighted by atomic mass is 16.5. The number of rotatable bonds is 5. The predicted octanol–water partition coefficient (Wildman–Crippen LogP) is 3.09. The van der Waals surface area contributed by atoms with Gasteiger partial charge in [0.15, 0.2) is 0 Å². The molecule has 1 N–H and O–H groups in total. The molecule has 1 heterocycles. The maximum Gasteiger partial charge on any atom is 0.0471 e. The second-order valence-corrected chi connectivity index (χ2v) is 6.43. The van der Waals surface area contributed by atoms with E-state index in [0.29, 0.717) is 5.41 Å². The van der Waals surface area contributed by atoms with Crippen LogP contribution in [0.1, 0.15) is 36.8 Å². The third-order valence-electron chi connectivity index (χ3n) is 4.56. The second kappa shape index (κ2) is 5.64. The first-order chi connectivity index (χ1) is 9.26. The van der Waals surface area contributed by atoms with E-state index in [-0.39, 0.29) is 0 Å². The van der Waals surface area contributed by atoms with E-state index < -0.39 is 0 Å². The van der Waals surface area contributed by atoms with Gasteiger partial charge in [0, 0.05) is 25.8 Å². The third kappa shape index (κ3) is 3.58. The van der Waals surface area contributed by atoms with E-state index in [1.807, 2.05) is 0 Å². The van der Waals surface area contributed by atoms with Crippen molar-refractivity contribution < 1.29 is 4.74 Å². The molecular formula is C17H25NO. The van der Waals surface area contributed by atoms with Crippen molar-refractivity contribution in [1.82, 2.24) is 5.32 Å². The van der Waals surface area contributed by atoms with Gasteiger partial charge >= 0.3 is 0 Å². The Morgan fingerprint density at radius 2 is 2.05 bits per heavy atom. The van der Waals surface area contributed by atoms with Crippen molar-refractivity contribution in [2.45, 2.75) is 45.1 Å². The SMILES string of the molecule is Cc1cccc(CC2(CNC3CC3)CCOCC2)c1. The van der Waals surface area contributed by atoms with Crippen molar-refractivity contribution >= 4 is 0 Å². The molecular weight excluding hydrogens is 234 g/mol. The van der Waals surface area contributed by atoms with Crippen LogP contribution in [0.2, 0.25) is 0 Å². The minimum absolute atomic E-state index is 0.411. The van der Waals surface area contributed by atoms with Crippen LogP contribution in [0, 0.1) is 12.3 Å². The van der Waals surface area contributed by atoms with Gasteiger partial charge in [-0.2, -0.15) is 0 Å². The Balaban J connectivity index is 1.69. The molecule has 0 amide bonds. The molecule has 0 spiro atoms. The second-order valence-electron chi connectivity index (χ2n) is 6.43. The van der Waals surface area contributed by atoms with Gasteiger partial charge in [0.05, 0.1) is 0 Å². The molecule has 19 heavy (non-hydrogen) atoms. The lowest BCUT2D eigenvalue weighted by Gasteiger charge is -2.38. The molecule has 1 aromatic rings. The summed E-state index contributed by atoms with van der Waals surface area (Å²) in [5.74, 6) is 0. The van der Waals surface area contributed by atoms with Crippen LogP contribution in [0.25, 0.3) is 0 Å². The van der Waals surface area contributed by atoms with Gasteiger partial charge in [-0.15, -0.1) is 0 Å². The van der Waals surface area contributed by atoms with Gasteiger partial charge in [-0.05, 0) is 50.0 Å². The summed E-state index contributed by atoms with van der Waals surface area (Å²) in [5, 5.41) is 3.75. The van der Waals surface area contributed by atoms with Crippen molar-refractivity contribution in [2.75, 3.05) is 19.8 Å². The Morgan fingerprint density at radius 3 is 2.74 bits per heavy atom. The molecule has 0 unspecified atom stereocenters. The molecule has 2 nitrogen and oxygen atoms in total. The lowest BCUT2D eigenvalue weighted by molar-refractivity contribution is 0.0147. The van der Waals surface area contributed by atoms with Crippen LogP contribution in [0.3, 0.4) is 0 Å². The van der Waals surface area contributed by atoms with Crippen LogP contribution in [0.5, 0.6) is 0 Å². The largest absolute Gasteiger partial charge is 0.381 e. The van der Waals surface area contributed by atoms with Crippen molar-refractivity contribution in [3.05, 3.63) is 35.4 Å². The van der Waals surface area contributed by atoms with Crippen LogP contribution >= 0.6 is 0 Å². The van der Waals surface area contributed by atoms with Crippen LogP contribution in [0.15, 0.2) is 24.3 Å². The molecule has 1 aromatic carbocycles. The molecule has 1 aliphatic heterocycles. The normalized spacial score (nSPS) is 22.4. The number of nitrogens with one attached hydrogen (secondary N) is 1. The molecule has 0 bridgehead atoms. The summed E-state index contributed by atoms with van der Waals surface area (Å²) in [6, 6.07) is 9.79. The Labute approximate surface area is 116 Å². The standard InChI is InChI=1S/C17H25NO/c1-14-3-2-4-15(11-14)12-17(7-9-19-10-8-17)13-18-16-5-6-16/h2-4,11,16,18H,5-10,12-13H2,1H3. The zero-order valence-electron chi connectivity index (χ0n) is 12.0. The highest BCUT2D eigenvalue weighted by Gasteiger charge is 2.34. The van der Waals surface area contributed by atoms with Crippen LogP contribution < -0.4 is 5.32 Å². The smallest absolute Gasteiger partial charge is 0.0471 e. The van der Waals surface area contributed by atoms with Gasteiger partial charge in [0.25, 0.3) is 0 Å². The van der Waals surface area contributed by atoms with E-state index in [1.54, 1.807) is 0 Å². The zero-order chi connectivity index (χ0) is 13.1. The molecule has 2 aliphatic rings. The van der Waals surface area contributed by atoms with Crippen LogP contribution in [0.4, 0.5) is 0 Å². The zero-order valence-corrected chi connectivity index (χ0v) is 12.0. The molecule has 0 radical (unpaired) electrons. The highest BCUT2D eigenvalue weighted by Crippen LogP contribution is 2.35. The van der Waals surface area contributed by atoms with E-state index >= 15 is 0 Å². The number of hydrogen-bond donors (Lipinski definition) is 1. The maximum atomic E-state index is 5.58. The van der Waals surface area contributed by atoms with E-state index in [2.05, 4.69) is 36.5 Å². The highest BCUT2D eigenvalue weighted by molar-refractivity contribution is 5.23. The fourth-order valence-corrected chi connectivity index (χ4v) is 3.12. The van der Waals surface area contributed by atoms with Crippen molar-refractivity contribution in [3.8, 4) is 0 Å². The van der Waals surface area contributed by atoms with Gasteiger partial charge in [0.2, 0.25) is 0 Å². The van der Waals surface area contributed by atoms with Crippen LogP contribution in [-0.4, -0.2) is 25.8 Å². The van der Waals surface area contributed by atoms with Gasteiger partial charge in [-0.1, -0.05) is 29.8 Å². The third-order valence-corrected chi connectivity index (χ3v) is 4.56. The number of ether oxygens (including phenoxy) is 1. The Kier molecular flexibility index (Phi) is 3.90. The molecule has 0 atom stereocenters. The van der Waals surface area contributed by atoms with Crippen molar-refractivity contribution in [3.63, 3.8) is 0 Å². The maximum absolute atomic E-state index is 5.58. The number of aryl methyl sites for hydroxylation is 1. The summed E-state index contributed by atoms with van der Waals surface area (Å²) >= 11 is 0. The van der Waals surface area contributed by atoms with Crippen molar-refractivity contribution in [2.24, 2.45) is 5.41 Å². The number of benzene rings is 1. The van der Waals surface area contributed by atoms with Gasteiger partial charge < -0.3 is 10.1 Å². The molecule has 3 rings (SSSR count). The van der Waals surface area contributed by atoms with E-state index in [4.69, 9.17) is 4.74 Å². The molecule has 1 aliphatic carbocycles. The molecule has 0 aromatic heterocycles. The fraction of sp³-hybridized carbons (Fsp3) is 0.647. The summed E-state index contributed by atoms with van der Waals surface area (Å²) in [5.41, 5.74) is 3.27. The molecule has 104 valence electrons. The van der Waals surface area contributed by atoms with Crippen LogP contribution in [-0.2, 0) is 11.2 Å². The average molecular weight is 259 g/mol. The van der Waals surface area contributed by atoms with E-state index in [1.165, 1.54) is 43.2 Å². The average Bonchev–Trinajstić information content (AvgIpc) is 3.22. The summed E-state index contributed by atoms with van der Waals surface area (Å²) < 4.78 is 5.58. The Bertz CT molecular complexity index is 419. The molecule has 2 fully saturated rings. The predicted molar refractivity (Wildman–Crippen MR) is 78.4 cm³/mol. The first-order valence-corrected chi connectivity index (χ1v) is 7.63. The molecule has 1 saturated heterocycles. The monoisotopic (exact) mass is 259 g/mol. The quantitative estimate of drug-likeness (QED) is 0.877. The lowest BCUT2D eigenvalue weighted by Crippen LogP contribution is -2.41. The Morgan fingerprint density at radius 1 is 1.26 bits per heavy atom. The summed E-state index contributed by atoms with van der Waals surface area (Å²) in [6.07, 6.45) is 6.33. The summed E-state index contributed by atoms with van der Waals surface area (Å²) in [4.78, 5) is 0. The molecule has 2 heteroatoms. The van der Waals surface area contributed by atoms with E-state index in [9.17, 15) is 0 Å². The first kappa shape index (κ1) is 13.1. The fourth-order valence-electron chi connectivity index (χ4n) is 3.12. The number of hydrogen-bond acceptors (Lipinski definition) is 2. The van der Waals surface area contributed by atoms with E-state index in [0.717, 1.165) is 25.8 Å². The van der Waals surface area contributed by atoms with Gasteiger partial charge in [0.1, 0.15) is 0 Å². The molecule has 1 saturated carbocycles. The first-order valence-electron chi connectivity index (χ1n) is 7.63. The van der Waals surface area contributed by atoms with Gasteiger partial charge in [-0.25, -0.2) is 0 Å².